The van der Waals surface area contributed by atoms with Gasteiger partial charge < -0.3 is 4.74 Å². The molecule has 2 heteroatoms. The van der Waals surface area contributed by atoms with Crippen LogP contribution in [0.25, 0.3) is 0 Å². The lowest BCUT2D eigenvalue weighted by Crippen LogP contribution is -2.17. The van der Waals surface area contributed by atoms with Gasteiger partial charge in [-0.15, -0.1) is 0 Å². The van der Waals surface area contributed by atoms with E-state index < -0.39 is 0 Å². The van der Waals surface area contributed by atoms with Crippen molar-refractivity contribution in [3.8, 4) is 0 Å². The molecule has 0 aromatic carbocycles. The van der Waals surface area contributed by atoms with Gasteiger partial charge in [-0.25, -0.2) is 4.79 Å². The fraction of sp³-hybridized carbons (Fsp3) is 0.688. The summed E-state index contributed by atoms with van der Waals surface area (Å²) in [6.45, 7) is 8.60. The van der Waals surface area contributed by atoms with Crippen LogP contribution in [0, 0.1) is 17.8 Å². The van der Waals surface area contributed by atoms with Gasteiger partial charge in [0.25, 0.3) is 0 Å². The van der Waals surface area contributed by atoms with Crippen molar-refractivity contribution >= 4 is 5.97 Å². The second-order valence-electron chi connectivity index (χ2n) is 6.32. The van der Waals surface area contributed by atoms with Crippen molar-refractivity contribution in [2.24, 2.45) is 17.8 Å². The highest BCUT2D eigenvalue weighted by Crippen LogP contribution is 2.50. The molecule has 0 bridgehead atoms. The Kier molecular flexibility index (Phi) is 2.84. The van der Waals surface area contributed by atoms with Crippen LogP contribution < -0.4 is 0 Å². The lowest BCUT2D eigenvalue weighted by atomic mass is 9.77. The molecule has 0 aromatic heterocycles. The van der Waals surface area contributed by atoms with E-state index in [0.29, 0.717) is 17.8 Å². The van der Waals surface area contributed by atoms with Crippen LogP contribution in [0.3, 0.4) is 0 Å². The molecular formula is C16H22O2. The van der Waals surface area contributed by atoms with Gasteiger partial charge in [-0.2, -0.15) is 0 Å². The normalized spacial score (nSPS) is 39.1. The first kappa shape index (κ1) is 12.0. The molecule has 1 heterocycles. The fourth-order valence-electron chi connectivity index (χ4n) is 4.02. The maximum Gasteiger partial charge on any atom is 0.334 e. The minimum atomic E-state index is -0.0272. The summed E-state index contributed by atoms with van der Waals surface area (Å²) in [4.78, 5) is 11.9. The standard InChI is InChI=1S/C16H22O2/c1-9(2)11-5-4-6-12-15-13(8-11)10(3)7-14(15)18-16(12)17/h10-11,13-14H,1,4-8H2,2-3H3. The minimum Gasteiger partial charge on any atom is -0.454 e. The molecule has 0 spiro atoms. The van der Waals surface area contributed by atoms with Crippen molar-refractivity contribution in [2.45, 2.75) is 52.1 Å². The molecule has 1 saturated carbocycles. The Labute approximate surface area is 109 Å². The van der Waals surface area contributed by atoms with Gasteiger partial charge in [-0.05, 0) is 62.4 Å². The number of hydrogen-bond acceptors (Lipinski definition) is 2. The molecule has 3 rings (SSSR count). The molecule has 0 amide bonds. The van der Waals surface area contributed by atoms with Crippen molar-refractivity contribution in [2.75, 3.05) is 0 Å². The Morgan fingerprint density at radius 1 is 1.39 bits per heavy atom. The van der Waals surface area contributed by atoms with Crippen LogP contribution in [0.2, 0.25) is 0 Å². The van der Waals surface area contributed by atoms with Crippen molar-refractivity contribution in [3.63, 3.8) is 0 Å². The SMILES string of the molecule is C=C(C)C1CCCC2=C3C(CC(C)C3C1)OC2=O. The van der Waals surface area contributed by atoms with E-state index in [-0.39, 0.29) is 12.1 Å². The van der Waals surface area contributed by atoms with Crippen LogP contribution in [-0.4, -0.2) is 12.1 Å². The third-order valence-electron chi connectivity index (χ3n) is 5.08. The fourth-order valence-corrected chi connectivity index (χ4v) is 4.02. The van der Waals surface area contributed by atoms with E-state index in [0.717, 1.165) is 24.8 Å². The molecule has 0 radical (unpaired) electrons. The second kappa shape index (κ2) is 4.25. The Morgan fingerprint density at radius 3 is 2.89 bits per heavy atom. The summed E-state index contributed by atoms with van der Waals surface area (Å²) in [5, 5.41) is 0. The van der Waals surface area contributed by atoms with Crippen LogP contribution in [0.15, 0.2) is 23.3 Å². The molecule has 4 unspecified atom stereocenters. The monoisotopic (exact) mass is 246 g/mol. The minimum absolute atomic E-state index is 0.0272. The van der Waals surface area contributed by atoms with Crippen LogP contribution >= 0.6 is 0 Å². The Morgan fingerprint density at radius 2 is 2.17 bits per heavy atom. The number of carbonyl (C=O) groups is 1. The molecule has 18 heavy (non-hydrogen) atoms. The van der Waals surface area contributed by atoms with Gasteiger partial charge in [-0.1, -0.05) is 19.1 Å². The predicted octanol–water partition coefficient (Wildman–Crippen LogP) is 3.63. The molecule has 2 aliphatic carbocycles. The Bertz CT molecular complexity index is 432. The van der Waals surface area contributed by atoms with E-state index in [4.69, 9.17) is 4.74 Å². The van der Waals surface area contributed by atoms with E-state index in [9.17, 15) is 4.79 Å². The average molecular weight is 246 g/mol. The highest BCUT2D eigenvalue weighted by atomic mass is 16.5. The van der Waals surface area contributed by atoms with Crippen LogP contribution in [-0.2, 0) is 9.53 Å². The van der Waals surface area contributed by atoms with E-state index >= 15 is 0 Å². The zero-order valence-corrected chi connectivity index (χ0v) is 11.4. The Hall–Kier alpha value is -1.05. The molecule has 4 atom stereocenters. The lowest BCUT2D eigenvalue weighted by Gasteiger charge is -2.27. The molecular weight excluding hydrogens is 224 g/mol. The first-order chi connectivity index (χ1) is 8.58. The van der Waals surface area contributed by atoms with Gasteiger partial charge in [-0.3, -0.25) is 0 Å². The summed E-state index contributed by atoms with van der Waals surface area (Å²) in [5.74, 6) is 1.80. The molecule has 98 valence electrons. The van der Waals surface area contributed by atoms with Crippen molar-refractivity contribution in [1.82, 2.24) is 0 Å². The third kappa shape index (κ3) is 1.73. The maximum absolute atomic E-state index is 11.9. The van der Waals surface area contributed by atoms with Crippen molar-refractivity contribution in [3.05, 3.63) is 23.3 Å². The zero-order chi connectivity index (χ0) is 12.9. The number of allylic oxidation sites excluding steroid dienone is 1. The van der Waals surface area contributed by atoms with Gasteiger partial charge in [0.1, 0.15) is 6.10 Å². The zero-order valence-electron chi connectivity index (χ0n) is 11.4. The van der Waals surface area contributed by atoms with Crippen LogP contribution in [0.4, 0.5) is 0 Å². The van der Waals surface area contributed by atoms with E-state index in [2.05, 4.69) is 20.4 Å². The first-order valence-corrected chi connectivity index (χ1v) is 7.17. The number of hydrogen-bond donors (Lipinski definition) is 0. The van der Waals surface area contributed by atoms with Gasteiger partial charge >= 0.3 is 5.97 Å². The molecule has 1 fully saturated rings. The first-order valence-electron chi connectivity index (χ1n) is 7.17. The quantitative estimate of drug-likeness (QED) is 0.521. The highest BCUT2D eigenvalue weighted by molar-refractivity contribution is 5.92. The molecule has 1 aliphatic heterocycles. The van der Waals surface area contributed by atoms with E-state index in [1.54, 1.807) is 0 Å². The summed E-state index contributed by atoms with van der Waals surface area (Å²) in [6, 6.07) is 0. The smallest absolute Gasteiger partial charge is 0.334 e. The molecule has 2 nitrogen and oxygen atoms in total. The lowest BCUT2D eigenvalue weighted by molar-refractivity contribution is -0.140. The van der Waals surface area contributed by atoms with Gasteiger partial charge in [0.15, 0.2) is 0 Å². The maximum atomic E-state index is 11.9. The van der Waals surface area contributed by atoms with Crippen LogP contribution in [0.1, 0.15) is 46.0 Å². The van der Waals surface area contributed by atoms with Crippen molar-refractivity contribution < 1.29 is 9.53 Å². The summed E-state index contributed by atoms with van der Waals surface area (Å²) in [5.41, 5.74) is 3.69. The van der Waals surface area contributed by atoms with Gasteiger partial charge in [0.2, 0.25) is 0 Å². The molecule has 3 aliphatic rings. The summed E-state index contributed by atoms with van der Waals surface area (Å²) in [7, 11) is 0. The highest BCUT2D eigenvalue weighted by Gasteiger charge is 2.47. The summed E-state index contributed by atoms with van der Waals surface area (Å²) < 4.78 is 5.54. The van der Waals surface area contributed by atoms with Gasteiger partial charge in [0, 0.05) is 5.57 Å². The average Bonchev–Trinajstić information content (AvgIpc) is 2.67. The van der Waals surface area contributed by atoms with E-state index in [1.165, 1.54) is 24.0 Å². The number of carbonyl (C=O) groups excluding carboxylic acids is 1. The van der Waals surface area contributed by atoms with Gasteiger partial charge in [0.05, 0.1) is 0 Å². The number of rotatable bonds is 1. The Balaban J connectivity index is 1.96. The number of ether oxygens (including phenoxy) is 1. The van der Waals surface area contributed by atoms with Crippen molar-refractivity contribution in [1.29, 1.82) is 0 Å². The summed E-state index contributed by atoms with van der Waals surface area (Å²) >= 11 is 0. The molecule has 0 saturated heterocycles. The third-order valence-corrected chi connectivity index (χ3v) is 5.08. The van der Waals surface area contributed by atoms with E-state index in [1.807, 2.05) is 0 Å². The predicted molar refractivity (Wildman–Crippen MR) is 70.9 cm³/mol. The van der Waals surface area contributed by atoms with Crippen LogP contribution in [0.5, 0.6) is 0 Å². The second-order valence-corrected chi connectivity index (χ2v) is 6.32. The summed E-state index contributed by atoms with van der Waals surface area (Å²) in [6.07, 6.45) is 5.49. The molecule has 0 aromatic rings. The number of esters is 1. The molecule has 0 N–H and O–H groups in total. The largest absolute Gasteiger partial charge is 0.454 e. The topological polar surface area (TPSA) is 26.3 Å².